The Morgan fingerprint density at radius 2 is 1.96 bits per heavy atom. The Labute approximate surface area is 148 Å². The zero-order chi connectivity index (χ0) is 16.8. The number of benzene rings is 2. The molecule has 0 aliphatic heterocycles. The van der Waals surface area contributed by atoms with E-state index in [0.29, 0.717) is 22.4 Å². The van der Waals surface area contributed by atoms with Gasteiger partial charge >= 0.3 is 0 Å². The molecule has 0 spiro atoms. The third-order valence-electron chi connectivity index (χ3n) is 3.31. The molecule has 2 aromatic carbocycles. The summed E-state index contributed by atoms with van der Waals surface area (Å²) >= 11 is 11.7. The molecule has 2 rings (SSSR count). The Morgan fingerprint density at radius 1 is 1.22 bits per heavy atom. The third kappa shape index (κ3) is 5.08. The molecule has 0 aromatic heterocycles. The largest absolute Gasteiger partial charge is 0.488 e. The molecule has 0 aliphatic carbocycles. The average Bonchev–Trinajstić information content (AvgIpc) is 2.50. The monoisotopic (exact) mass is 345 g/mol. The molecule has 0 aliphatic rings. The van der Waals surface area contributed by atoms with Gasteiger partial charge in [0.25, 0.3) is 0 Å². The first-order valence-electron chi connectivity index (χ1n) is 7.40. The van der Waals surface area contributed by atoms with Crippen molar-refractivity contribution in [1.29, 1.82) is 0 Å². The molecular weight excluding hydrogens is 326 g/mol. The summed E-state index contributed by atoms with van der Waals surface area (Å²) in [4.78, 5) is 0.681. The number of ether oxygens (including phenoxy) is 1. The Morgan fingerprint density at radius 3 is 2.65 bits per heavy atom. The van der Waals surface area contributed by atoms with Gasteiger partial charge in [-0.25, -0.2) is 0 Å². The van der Waals surface area contributed by atoms with Gasteiger partial charge in [-0.1, -0.05) is 53.7 Å². The number of halogens is 1. The molecule has 0 unspecified atom stereocenters. The molecule has 1 N–H and O–H groups in total. The van der Waals surface area contributed by atoms with E-state index in [1.807, 2.05) is 69.3 Å². The molecule has 23 heavy (non-hydrogen) atoms. The van der Waals surface area contributed by atoms with E-state index in [1.165, 1.54) is 5.57 Å². The molecule has 0 atom stereocenters. The minimum Gasteiger partial charge on any atom is -0.488 e. The molecule has 0 radical (unpaired) electrons. The fourth-order valence-electron chi connectivity index (χ4n) is 2.02. The Bertz CT molecular complexity index is 736. The summed E-state index contributed by atoms with van der Waals surface area (Å²) < 4.78 is 5.71. The number of allylic oxidation sites excluding steroid dienone is 1. The second kappa shape index (κ2) is 8.14. The summed E-state index contributed by atoms with van der Waals surface area (Å²) in [5.74, 6) is 0.641. The van der Waals surface area contributed by atoms with Gasteiger partial charge in [0.05, 0.1) is 5.02 Å². The van der Waals surface area contributed by atoms with Crippen LogP contribution >= 0.6 is 23.8 Å². The molecule has 0 saturated carbocycles. The number of nitrogens with one attached hydrogen (secondary N) is 1. The first-order valence-corrected chi connectivity index (χ1v) is 8.18. The van der Waals surface area contributed by atoms with Crippen LogP contribution in [-0.2, 0) is 0 Å². The average molecular weight is 346 g/mol. The highest BCUT2D eigenvalue weighted by Crippen LogP contribution is 2.28. The summed E-state index contributed by atoms with van der Waals surface area (Å²) in [6.07, 6.45) is 2.01. The van der Waals surface area contributed by atoms with Gasteiger partial charge < -0.3 is 10.1 Å². The van der Waals surface area contributed by atoms with E-state index in [9.17, 15) is 0 Å². The van der Waals surface area contributed by atoms with Crippen LogP contribution in [0.15, 0.2) is 54.1 Å². The fourth-order valence-corrected chi connectivity index (χ4v) is 2.53. The van der Waals surface area contributed by atoms with Gasteiger partial charge in [0.15, 0.2) is 0 Å². The summed E-state index contributed by atoms with van der Waals surface area (Å²) in [6.45, 7) is 6.60. The van der Waals surface area contributed by atoms with E-state index in [2.05, 4.69) is 5.32 Å². The summed E-state index contributed by atoms with van der Waals surface area (Å²) in [7, 11) is 0. The van der Waals surface area contributed by atoms with Gasteiger partial charge in [-0.15, -0.1) is 0 Å². The lowest BCUT2D eigenvalue weighted by Gasteiger charge is -2.13. The molecular formula is C19H20ClNOS. The zero-order valence-electron chi connectivity index (χ0n) is 13.5. The maximum atomic E-state index is 6.18. The van der Waals surface area contributed by atoms with Crippen LogP contribution in [0.2, 0.25) is 5.02 Å². The van der Waals surface area contributed by atoms with Crippen LogP contribution in [-0.4, -0.2) is 11.6 Å². The smallest absolute Gasteiger partial charge is 0.140 e. The number of anilines is 1. The highest BCUT2D eigenvalue weighted by atomic mass is 35.5. The maximum absolute atomic E-state index is 6.18. The molecule has 120 valence electrons. The lowest BCUT2D eigenvalue weighted by Crippen LogP contribution is -2.12. The van der Waals surface area contributed by atoms with Crippen LogP contribution in [0.1, 0.15) is 25.0 Å². The van der Waals surface area contributed by atoms with Crippen molar-refractivity contribution in [3.8, 4) is 5.75 Å². The third-order valence-corrected chi connectivity index (χ3v) is 3.94. The van der Waals surface area contributed by atoms with Gasteiger partial charge in [0.1, 0.15) is 17.3 Å². The molecule has 0 bridgehead atoms. The number of hydrogen-bond acceptors (Lipinski definition) is 2. The van der Waals surface area contributed by atoms with Gasteiger partial charge in [-0.2, -0.15) is 0 Å². The topological polar surface area (TPSA) is 21.3 Å². The van der Waals surface area contributed by atoms with Crippen molar-refractivity contribution in [2.24, 2.45) is 0 Å². The van der Waals surface area contributed by atoms with Crippen molar-refractivity contribution in [2.45, 2.75) is 20.8 Å². The van der Waals surface area contributed by atoms with Gasteiger partial charge in [-0.3, -0.25) is 0 Å². The standard InChI is InChI=1S/C19H20ClNOS/c1-13(2)10-11-22-18-12-15(8-9-17(18)20)21-19(23)16-7-5-4-6-14(16)3/h4-10,12H,11H2,1-3H3,(H,21,23). The van der Waals surface area contributed by atoms with Gasteiger partial charge in [0.2, 0.25) is 0 Å². The predicted molar refractivity (Wildman–Crippen MR) is 103 cm³/mol. The van der Waals surface area contributed by atoms with Crippen LogP contribution in [0.25, 0.3) is 0 Å². The van der Waals surface area contributed by atoms with Crippen molar-refractivity contribution in [3.63, 3.8) is 0 Å². The molecule has 0 fully saturated rings. The zero-order valence-corrected chi connectivity index (χ0v) is 15.1. The van der Waals surface area contributed by atoms with Gasteiger partial charge in [0, 0.05) is 17.3 Å². The van der Waals surface area contributed by atoms with Crippen LogP contribution in [0.5, 0.6) is 5.75 Å². The Hall–Kier alpha value is -1.84. The van der Waals surface area contributed by atoms with E-state index in [-0.39, 0.29) is 0 Å². The Balaban J connectivity index is 2.13. The number of aryl methyl sites for hydroxylation is 1. The second-order valence-electron chi connectivity index (χ2n) is 5.51. The van der Waals surface area contributed by atoms with Gasteiger partial charge in [-0.05, 0) is 44.5 Å². The first-order chi connectivity index (χ1) is 11.0. The van der Waals surface area contributed by atoms with Crippen LogP contribution < -0.4 is 10.1 Å². The van der Waals surface area contributed by atoms with Crippen molar-refractivity contribution >= 4 is 34.5 Å². The molecule has 2 aromatic rings. The summed E-state index contributed by atoms with van der Waals surface area (Å²) in [5.41, 5.74) is 4.22. The Kier molecular flexibility index (Phi) is 6.20. The predicted octanol–water partition coefficient (Wildman–Crippen LogP) is 5.78. The number of hydrogen-bond donors (Lipinski definition) is 1. The second-order valence-corrected chi connectivity index (χ2v) is 6.32. The van der Waals surface area contributed by atoms with Crippen molar-refractivity contribution < 1.29 is 4.74 Å². The van der Waals surface area contributed by atoms with Crippen molar-refractivity contribution in [2.75, 3.05) is 11.9 Å². The fraction of sp³-hybridized carbons (Fsp3) is 0.211. The van der Waals surface area contributed by atoms with Crippen molar-refractivity contribution in [3.05, 3.63) is 70.3 Å². The van der Waals surface area contributed by atoms with Crippen LogP contribution in [0.4, 0.5) is 5.69 Å². The number of rotatable bonds is 5. The maximum Gasteiger partial charge on any atom is 0.140 e. The highest BCUT2D eigenvalue weighted by Gasteiger charge is 2.07. The van der Waals surface area contributed by atoms with E-state index in [0.717, 1.165) is 16.8 Å². The SMILES string of the molecule is CC(C)=CCOc1cc(NC(=S)c2ccccc2C)ccc1Cl. The molecule has 2 nitrogen and oxygen atoms in total. The first kappa shape index (κ1) is 17.5. The van der Waals surface area contributed by atoms with Crippen LogP contribution in [0.3, 0.4) is 0 Å². The molecule has 0 saturated heterocycles. The summed E-state index contributed by atoms with van der Waals surface area (Å²) in [6, 6.07) is 13.6. The molecule has 4 heteroatoms. The molecule has 0 heterocycles. The normalized spacial score (nSPS) is 10.1. The molecule has 0 amide bonds. The van der Waals surface area contributed by atoms with E-state index >= 15 is 0 Å². The van der Waals surface area contributed by atoms with Crippen LogP contribution in [0, 0.1) is 6.92 Å². The van der Waals surface area contributed by atoms with E-state index in [1.54, 1.807) is 0 Å². The lowest BCUT2D eigenvalue weighted by molar-refractivity contribution is 0.362. The highest BCUT2D eigenvalue weighted by molar-refractivity contribution is 7.81. The lowest BCUT2D eigenvalue weighted by atomic mass is 10.1. The minimum atomic E-state index is 0.494. The van der Waals surface area contributed by atoms with E-state index in [4.69, 9.17) is 28.6 Å². The number of thiocarbonyl (C=S) groups is 1. The van der Waals surface area contributed by atoms with Crippen molar-refractivity contribution in [1.82, 2.24) is 0 Å². The van der Waals surface area contributed by atoms with E-state index < -0.39 is 0 Å². The summed E-state index contributed by atoms with van der Waals surface area (Å²) in [5, 5.41) is 3.83. The quantitative estimate of drug-likeness (QED) is 0.548. The minimum absolute atomic E-state index is 0.494.